The van der Waals surface area contributed by atoms with Crippen molar-refractivity contribution in [3.63, 3.8) is 0 Å². The molecule has 4 aromatic rings. The summed E-state index contributed by atoms with van der Waals surface area (Å²) in [6, 6.07) is 15.8. The maximum absolute atomic E-state index is 12.7. The van der Waals surface area contributed by atoms with E-state index in [1.165, 1.54) is 11.1 Å². The number of aromatic nitrogens is 2. The molecule has 0 bridgehead atoms. The zero-order valence-electron chi connectivity index (χ0n) is 20.1. The number of nitrogens with one attached hydrogen (secondary N) is 1. The summed E-state index contributed by atoms with van der Waals surface area (Å²) in [5, 5.41) is 12.6. The minimum absolute atomic E-state index is 0.154. The maximum atomic E-state index is 12.7. The monoisotopic (exact) mass is 515 g/mol. The van der Waals surface area contributed by atoms with Crippen LogP contribution < -0.4 is 10.2 Å². The number of hydrogen-bond acceptors (Lipinski definition) is 7. The Morgan fingerprint density at radius 1 is 1.24 bits per heavy atom. The molecule has 0 aliphatic carbocycles. The average molecular weight is 516 g/mol. The van der Waals surface area contributed by atoms with Gasteiger partial charge in [0.15, 0.2) is 5.58 Å². The molecule has 0 spiro atoms. The highest BCUT2D eigenvalue weighted by Gasteiger charge is 2.33. The molecule has 1 fully saturated rings. The van der Waals surface area contributed by atoms with Crippen LogP contribution in [0.15, 0.2) is 59.1 Å². The van der Waals surface area contributed by atoms with Crippen molar-refractivity contribution >= 4 is 40.5 Å². The van der Waals surface area contributed by atoms with E-state index in [-0.39, 0.29) is 24.9 Å². The van der Waals surface area contributed by atoms with E-state index in [1.807, 2.05) is 19.9 Å². The number of nitrogens with zero attached hydrogens (tertiary/aromatic N) is 4. The third-order valence-corrected chi connectivity index (χ3v) is 6.24. The van der Waals surface area contributed by atoms with Crippen molar-refractivity contribution in [3.8, 4) is 17.5 Å². The van der Waals surface area contributed by atoms with E-state index in [2.05, 4.69) is 21.4 Å². The van der Waals surface area contributed by atoms with Crippen molar-refractivity contribution < 1.29 is 18.7 Å². The van der Waals surface area contributed by atoms with Gasteiger partial charge in [0.2, 0.25) is 5.89 Å². The van der Waals surface area contributed by atoms with Crippen LogP contribution in [0, 0.1) is 11.3 Å². The molecule has 1 N–H and O–H groups in total. The van der Waals surface area contributed by atoms with Crippen LogP contribution in [0.1, 0.15) is 41.3 Å². The van der Waals surface area contributed by atoms with Gasteiger partial charge in [0.05, 0.1) is 29.7 Å². The van der Waals surface area contributed by atoms with Gasteiger partial charge >= 0.3 is 6.09 Å². The lowest BCUT2D eigenvalue weighted by molar-refractivity contribution is 0.0916. The lowest BCUT2D eigenvalue weighted by atomic mass is 10.00. The van der Waals surface area contributed by atoms with E-state index < -0.39 is 12.2 Å². The number of amides is 2. The molecule has 3 heterocycles. The number of rotatable bonds is 6. The summed E-state index contributed by atoms with van der Waals surface area (Å²) in [5.74, 6) is 0.704. The number of pyridine rings is 1. The fraction of sp³-hybridized carbons (Fsp3) is 0.222. The Kier molecular flexibility index (Phi) is 6.51. The maximum Gasteiger partial charge on any atom is 0.416 e. The summed E-state index contributed by atoms with van der Waals surface area (Å²) in [4.78, 5) is 35.0. The molecule has 9 nitrogen and oxygen atoms in total. The molecule has 0 radical (unpaired) electrons. The standard InChI is InChI=1S/C27H22ClN5O4/c1-15(2)21-9-16(11-29)10-22-24(21)37-26(32-22)18-5-3-17(4-6-18)25(34)31-13-20-14-33(27(35)36-20)23-8-7-19(28)12-30-23/h3-10,12,15,20H,13-14H2,1-2H3,(H,31,34)/t20-/m0/s1. The summed E-state index contributed by atoms with van der Waals surface area (Å²) in [6.45, 7) is 4.48. The first-order valence-electron chi connectivity index (χ1n) is 11.7. The fourth-order valence-corrected chi connectivity index (χ4v) is 4.20. The highest BCUT2D eigenvalue weighted by atomic mass is 35.5. The number of carbonyl (C=O) groups excluding carboxylic acids is 2. The first kappa shape index (κ1) is 24.3. The van der Waals surface area contributed by atoms with Gasteiger partial charge in [0.1, 0.15) is 17.4 Å². The molecule has 1 atom stereocenters. The summed E-state index contributed by atoms with van der Waals surface area (Å²) >= 11 is 5.85. The molecule has 1 saturated heterocycles. The van der Waals surface area contributed by atoms with E-state index in [9.17, 15) is 14.9 Å². The van der Waals surface area contributed by atoms with E-state index in [0.29, 0.717) is 44.5 Å². The molecule has 1 aliphatic rings. The smallest absolute Gasteiger partial charge is 0.416 e. The second kappa shape index (κ2) is 9.91. The van der Waals surface area contributed by atoms with Crippen molar-refractivity contribution in [2.45, 2.75) is 25.9 Å². The summed E-state index contributed by atoms with van der Waals surface area (Å²) in [5.41, 5.74) is 3.87. The number of nitriles is 1. The number of hydrogen-bond donors (Lipinski definition) is 1. The van der Waals surface area contributed by atoms with E-state index in [0.717, 1.165) is 5.56 Å². The Morgan fingerprint density at radius 3 is 2.70 bits per heavy atom. The predicted molar refractivity (Wildman–Crippen MR) is 137 cm³/mol. The normalized spacial score (nSPS) is 15.2. The zero-order valence-corrected chi connectivity index (χ0v) is 20.8. The lowest BCUT2D eigenvalue weighted by Gasteiger charge is -2.12. The van der Waals surface area contributed by atoms with E-state index in [4.69, 9.17) is 20.8 Å². The molecule has 2 aromatic heterocycles. The molecular weight excluding hydrogens is 494 g/mol. The van der Waals surface area contributed by atoms with Crippen LogP contribution in [0.5, 0.6) is 0 Å². The van der Waals surface area contributed by atoms with Gasteiger partial charge in [-0.2, -0.15) is 5.26 Å². The number of oxazole rings is 1. The summed E-state index contributed by atoms with van der Waals surface area (Å²) in [6.07, 6.45) is 0.414. The van der Waals surface area contributed by atoms with Gasteiger partial charge in [0, 0.05) is 22.9 Å². The quantitative estimate of drug-likeness (QED) is 0.370. The van der Waals surface area contributed by atoms with Gasteiger partial charge < -0.3 is 14.5 Å². The second-order valence-electron chi connectivity index (χ2n) is 8.94. The molecule has 10 heteroatoms. The highest BCUT2D eigenvalue weighted by Crippen LogP contribution is 2.31. The van der Waals surface area contributed by atoms with Crippen LogP contribution in [0.25, 0.3) is 22.6 Å². The van der Waals surface area contributed by atoms with Crippen molar-refractivity contribution in [1.29, 1.82) is 5.26 Å². The third kappa shape index (κ3) is 4.97. The lowest BCUT2D eigenvalue weighted by Crippen LogP contribution is -2.34. The van der Waals surface area contributed by atoms with E-state index >= 15 is 0 Å². The number of cyclic esters (lactones) is 1. The molecule has 37 heavy (non-hydrogen) atoms. The molecule has 1 aliphatic heterocycles. The Morgan fingerprint density at radius 2 is 2.03 bits per heavy atom. The van der Waals surface area contributed by atoms with Crippen molar-refractivity contribution in [2.75, 3.05) is 18.0 Å². The molecule has 5 rings (SSSR count). The topological polar surface area (TPSA) is 121 Å². The Balaban J connectivity index is 1.25. The van der Waals surface area contributed by atoms with Crippen LogP contribution in [-0.2, 0) is 4.74 Å². The average Bonchev–Trinajstić information content (AvgIpc) is 3.50. The molecule has 186 valence electrons. The fourth-order valence-electron chi connectivity index (χ4n) is 4.09. The van der Waals surface area contributed by atoms with E-state index in [1.54, 1.807) is 42.5 Å². The number of fused-ring (bicyclic) bond motifs is 1. The highest BCUT2D eigenvalue weighted by molar-refractivity contribution is 6.30. The van der Waals surface area contributed by atoms with Gasteiger partial charge in [-0.3, -0.25) is 9.69 Å². The minimum atomic E-state index is -0.528. The van der Waals surface area contributed by atoms with Crippen LogP contribution in [0.2, 0.25) is 5.02 Å². The number of halogens is 1. The van der Waals surface area contributed by atoms with Crippen LogP contribution >= 0.6 is 11.6 Å². The van der Waals surface area contributed by atoms with Gasteiger partial charge in [0.25, 0.3) is 5.91 Å². The first-order chi connectivity index (χ1) is 17.8. The zero-order chi connectivity index (χ0) is 26.1. The molecule has 2 amide bonds. The predicted octanol–water partition coefficient (Wildman–Crippen LogP) is 5.29. The van der Waals surface area contributed by atoms with Crippen LogP contribution in [0.4, 0.5) is 10.6 Å². The largest absolute Gasteiger partial charge is 0.442 e. The number of ether oxygens (including phenoxy) is 1. The third-order valence-electron chi connectivity index (χ3n) is 6.02. The Bertz CT molecular complexity index is 1520. The van der Waals surface area contributed by atoms with Crippen molar-refractivity contribution in [1.82, 2.24) is 15.3 Å². The van der Waals surface area contributed by atoms with Gasteiger partial charge in [-0.25, -0.2) is 14.8 Å². The van der Waals surface area contributed by atoms with Gasteiger partial charge in [-0.05, 0) is 54.4 Å². The summed E-state index contributed by atoms with van der Waals surface area (Å²) < 4.78 is 11.4. The Labute approximate surface area is 217 Å². The summed E-state index contributed by atoms with van der Waals surface area (Å²) in [7, 11) is 0. The second-order valence-corrected chi connectivity index (χ2v) is 9.37. The van der Waals surface area contributed by atoms with Crippen molar-refractivity contribution in [2.24, 2.45) is 0 Å². The molecular formula is C27H22ClN5O4. The van der Waals surface area contributed by atoms with Crippen LogP contribution in [0.3, 0.4) is 0 Å². The van der Waals surface area contributed by atoms with Gasteiger partial charge in [-0.1, -0.05) is 25.4 Å². The number of anilines is 1. The van der Waals surface area contributed by atoms with Gasteiger partial charge in [-0.15, -0.1) is 0 Å². The Hall–Kier alpha value is -4.42. The van der Waals surface area contributed by atoms with Crippen LogP contribution in [-0.4, -0.2) is 41.2 Å². The first-order valence-corrected chi connectivity index (χ1v) is 12.0. The molecule has 2 aromatic carbocycles. The SMILES string of the molecule is CC(C)c1cc(C#N)cc2nc(-c3ccc(C(=O)NC[C@H]4CN(c5ccc(Cl)cn5)C(=O)O4)cc3)oc12. The molecule has 0 unspecified atom stereocenters. The molecule has 0 saturated carbocycles. The number of benzene rings is 2. The number of carbonyl (C=O) groups is 2. The minimum Gasteiger partial charge on any atom is -0.442 e. The van der Waals surface area contributed by atoms with Crippen molar-refractivity contribution in [3.05, 3.63) is 76.4 Å².